The molecule has 0 bridgehead atoms. The van der Waals surface area contributed by atoms with Crippen molar-refractivity contribution in [2.45, 2.75) is 51.1 Å². The summed E-state index contributed by atoms with van der Waals surface area (Å²) in [6.07, 6.45) is 2.70. The Bertz CT molecular complexity index is 631. The van der Waals surface area contributed by atoms with Gasteiger partial charge in [0, 0.05) is 48.5 Å². The van der Waals surface area contributed by atoms with Crippen LogP contribution in [0.5, 0.6) is 0 Å². The number of hydrogen-bond donors (Lipinski definition) is 2. The molecule has 1 saturated carbocycles. The number of carbonyl (C=O) groups is 1. The van der Waals surface area contributed by atoms with Gasteiger partial charge in [-0.25, -0.2) is 0 Å². The minimum absolute atomic E-state index is 0.240. The van der Waals surface area contributed by atoms with E-state index in [0.717, 1.165) is 42.9 Å². The number of nitrogens with one attached hydrogen (secondary N) is 2. The minimum Gasteiger partial charge on any atom is -0.353 e. The SMILES string of the molecule is CCN=C(NC1CCN(C(=O)CC)C1)NC1CC1c1ccc(Br)cc1. The molecule has 1 amide bonds. The van der Waals surface area contributed by atoms with E-state index in [-0.39, 0.29) is 11.9 Å². The van der Waals surface area contributed by atoms with Gasteiger partial charge in [0.05, 0.1) is 0 Å². The van der Waals surface area contributed by atoms with E-state index in [1.165, 1.54) is 5.56 Å². The van der Waals surface area contributed by atoms with Gasteiger partial charge in [0.1, 0.15) is 0 Å². The Hall–Kier alpha value is -1.56. The van der Waals surface area contributed by atoms with E-state index in [1.807, 2.05) is 18.7 Å². The fraction of sp³-hybridized carbons (Fsp3) is 0.579. The molecule has 2 fully saturated rings. The van der Waals surface area contributed by atoms with Crippen LogP contribution in [0.4, 0.5) is 0 Å². The van der Waals surface area contributed by atoms with E-state index in [0.29, 0.717) is 18.4 Å². The summed E-state index contributed by atoms with van der Waals surface area (Å²) in [6.45, 7) is 6.33. The number of likely N-dealkylation sites (tertiary alicyclic amines) is 1. The van der Waals surface area contributed by atoms with Crippen LogP contribution >= 0.6 is 15.9 Å². The molecule has 1 aliphatic carbocycles. The number of guanidine groups is 1. The first kappa shape index (κ1) is 18.2. The van der Waals surface area contributed by atoms with Crippen molar-refractivity contribution in [3.8, 4) is 0 Å². The van der Waals surface area contributed by atoms with Crippen LogP contribution in [0.1, 0.15) is 44.6 Å². The average Bonchev–Trinajstić information content (AvgIpc) is 3.21. The molecular weight excluding hydrogens is 380 g/mol. The molecule has 0 spiro atoms. The molecular formula is C19H27BrN4O. The third-order valence-electron chi connectivity index (χ3n) is 4.91. The molecule has 6 heteroatoms. The van der Waals surface area contributed by atoms with Crippen molar-refractivity contribution in [3.63, 3.8) is 0 Å². The molecule has 1 heterocycles. The number of carbonyl (C=O) groups excluding carboxylic acids is 1. The lowest BCUT2D eigenvalue weighted by Crippen LogP contribution is -2.46. The molecule has 136 valence electrons. The summed E-state index contributed by atoms with van der Waals surface area (Å²) in [4.78, 5) is 18.4. The van der Waals surface area contributed by atoms with Crippen LogP contribution < -0.4 is 10.6 Å². The number of rotatable bonds is 5. The predicted octanol–water partition coefficient (Wildman–Crippen LogP) is 2.87. The summed E-state index contributed by atoms with van der Waals surface area (Å²) in [5.41, 5.74) is 1.37. The summed E-state index contributed by atoms with van der Waals surface area (Å²) >= 11 is 3.49. The van der Waals surface area contributed by atoms with Gasteiger partial charge in [-0.05, 0) is 37.5 Å². The van der Waals surface area contributed by atoms with E-state index in [1.54, 1.807) is 0 Å². The van der Waals surface area contributed by atoms with Crippen LogP contribution in [-0.2, 0) is 4.79 Å². The highest BCUT2D eigenvalue weighted by Crippen LogP contribution is 2.41. The van der Waals surface area contributed by atoms with Crippen molar-refractivity contribution in [1.82, 2.24) is 15.5 Å². The van der Waals surface area contributed by atoms with Gasteiger partial charge in [0.15, 0.2) is 5.96 Å². The highest BCUT2D eigenvalue weighted by Gasteiger charge is 2.39. The Balaban J connectivity index is 1.52. The standard InChI is InChI=1S/C19H27BrN4O/c1-3-18(25)24-10-9-15(12-24)22-19(21-4-2)23-17-11-16(17)13-5-7-14(20)8-6-13/h5-8,15-17H,3-4,9-12H2,1-2H3,(H2,21,22,23). The fourth-order valence-electron chi connectivity index (χ4n) is 3.42. The third-order valence-corrected chi connectivity index (χ3v) is 5.44. The number of amides is 1. The van der Waals surface area contributed by atoms with E-state index in [9.17, 15) is 4.79 Å². The van der Waals surface area contributed by atoms with Gasteiger partial charge in [-0.3, -0.25) is 9.79 Å². The van der Waals surface area contributed by atoms with Crippen LogP contribution in [0.25, 0.3) is 0 Å². The maximum absolute atomic E-state index is 11.8. The molecule has 25 heavy (non-hydrogen) atoms. The first-order valence-electron chi connectivity index (χ1n) is 9.21. The Morgan fingerprint density at radius 2 is 2.04 bits per heavy atom. The molecule has 3 atom stereocenters. The van der Waals surface area contributed by atoms with Crippen molar-refractivity contribution in [1.29, 1.82) is 0 Å². The molecule has 0 aromatic heterocycles. The highest BCUT2D eigenvalue weighted by molar-refractivity contribution is 9.10. The highest BCUT2D eigenvalue weighted by atomic mass is 79.9. The third kappa shape index (κ3) is 4.75. The first-order valence-corrected chi connectivity index (χ1v) is 10.0. The zero-order chi connectivity index (χ0) is 17.8. The van der Waals surface area contributed by atoms with Crippen molar-refractivity contribution < 1.29 is 4.79 Å². The molecule has 3 unspecified atom stereocenters. The van der Waals surface area contributed by atoms with Crippen molar-refractivity contribution >= 4 is 27.8 Å². The van der Waals surface area contributed by atoms with E-state index in [4.69, 9.17) is 0 Å². The summed E-state index contributed by atoms with van der Waals surface area (Å²) in [7, 11) is 0. The lowest BCUT2D eigenvalue weighted by atomic mass is 10.1. The van der Waals surface area contributed by atoms with Gasteiger partial charge in [-0.1, -0.05) is 35.0 Å². The van der Waals surface area contributed by atoms with Gasteiger partial charge in [0.2, 0.25) is 5.91 Å². The molecule has 3 rings (SSSR count). The second-order valence-electron chi connectivity index (χ2n) is 6.79. The normalized spacial score (nSPS) is 25.8. The van der Waals surface area contributed by atoms with Crippen LogP contribution in [0.15, 0.2) is 33.7 Å². The molecule has 5 nitrogen and oxygen atoms in total. The monoisotopic (exact) mass is 406 g/mol. The van der Waals surface area contributed by atoms with Crippen LogP contribution in [0.2, 0.25) is 0 Å². The Morgan fingerprint density at radius 3 is 2.72 bits per heavy atom. The molecule has 1 aromatic carbocycles. The van der Waals surface area contributed by atoms with E-state index >= 15 is 0 Å². The average molecular weight is 407 g/mol. The Morgan fingerprint density at radius 1 is 1.28 bits per heavy atom. The van der Waals surface area contributed by atoms with Crippen molar-refractivity contribution in [2.75, 3.05) is 19.6 Å². The number of hydrogen-bond acceptors (Lipinski definition) is 2. The number of benzene rings is 1. The van der Waals surface area contributed by atoms with Gasteiger partial charge in [0.25, 0.3) is 0 Å². The Kier molecular flexibility index (Phi) is 5.99. The zero-order valence-corrected chi connectivity index (χ0v) is 16.6. The fourth-order valence-corrected chi connectivity index (χ4v) is 3.69. The molecule has 1 saturated heterocycles. The number of nitrogens with zero attached hydrogens (tertiary/aromatic N) is 2. The summed E-state index contributed by atoms with van der Waals surface area (Å²) in [5, 5.41) is 7.08. The number of aliphatic imine (C=N–C) groups is 1. The molecule has 1 aliphatic heterocycles. The van der Waals surface area contributed by atoms with Crippen molar-refractivity contribution in [2.24, 2.45) is 4.99 Å². The topological polar surface area (TPSA) is 56.7 Å². The van der Waals surface area contributed by atoms with Crippen LogP contribution in [0, 0.1) is 0 Å². The second-order valence-corrected chi connectivity index (χ2v) is 7.71. The van der Waals surface area contributed by atoms with Gasteiger partial charge >= 0.3 is 0 Å². The number of halogens is 1. The molecule has 2 aliphatic rings. The van der Waals surface area contributed by atoms with E-state index < -0.39 is 0 Å². The second kappa shape index (κ2) is 8.21. The quantitative estimate of drug-likeness (QED) is 0.583. The van der Waals surface area contributed by atoms with Gasteiger partial charge in [-0.2, -0.15) is 0 Å². The summed E-state index contributed by atoms with van der Waals surface area (Å²) < 4.78 is 1.11. The lowest BCUT2D eigenvalue weighted by Gasteiger charge is -2.19. The lowest BCUT2D eigenvalue weighted by molar-refractivity contribution is -0.129. The maximum Gasteiger partial charge on any atom is 0.222 e. The zero-order valence-electron chi connectivity index (χ0n) is 15.0. The Labute approximate surface area is 158 Å². The van der Waals surface area contributed by atoms with Gasteiger partial charge in [-0.15, -0.1) is 0 Å². The first-order chi connectivity index (χ1) is 12.1. The molecule has 2 N–H and O–H groups in total. The summed E-state index contributed by atoms with van der Waals surface area (Å²) in [6, 6.07) is 9.30. The molecule has 0 radical (unpaired) electrons. The summed E-state index contributed by atoms with van der Waals surface area (Å²) in [5.74, 6) is 1.67. The van der Waals surface area contributed by atoms with Crippen LogP contribution in [0.3, 0.4) is 0 Å². The van der Waals surface area contributed by atoms with Crippen LogP contribution in [-0.4, -0.2) is 48.5 Å². The maximum atomic E-state index is 11.8. The largest absolute Gasteiger partial charge is 0.353 e. The minimum atomic E-state index is 0.240. The molecule has 1 aromatic rings. The predicted molar refractivity (Wildman–Crippen MR) is 105 cm³/mol. The smallest absolute Gasteiger partial charge is 0.222 e. The van der Waals surface area contributed by atoms with Gasteiger partial charge < -0.3 is 15.5 Å². The van der Waals surface area contributed by atoms with Crippen molar-refractivity contribution in [3.05, 3.63) is 34.3 Å². The van der Waals surface area contributed by atoms with E-state index in [2.05, 4.69) is 55.8 Å².